The molecule has 1 aromatic heterocycles. The van der Waals surface area contributed by atoms with E-state index in [0.29, 0.717) is 4.47 Å². The Bertz CT molecular complexity index is 679. The molecule has 114 valence electrons. The molecule has 0 spiro atoms. The summed E-state index contributed by atoms with van der Waals surface area (Å²) in [6.45, 7) is 0. The molecule has 2 saturated carbocycles. The number of fused-ring (bicyclic) bond motifs is 2. The molecule has 4 unspecified atom stereocenters. The number of rotatable bonds is 4. The maximum atomic E-state index is 12.4. The fourth-order valence-corrected chi connectivity index (χ4v) is 5.43. The predicted octanol–water partition coefficient (Wildman–Crippen LogP) is 1.62. The monoisotopic (exact) mass is 374 g/mol. The molecule has 0 radical (unpaired) electrons. The number of hydrogen-bond donors (Lipinski definition) is 2. The molecule has 2 fully saturated rings. The number of hydrogen-bond acceptors (Lipinski definition) is 4. The fraction of sp³-hybridized carbons (Fsp3) is 0.538. The summed E-state index contributed by atoms with van der Waals surface area (Å²) in [5.74, 6) is -1.34. The van der Waals surface area contributed by atoms with Crippen molar-refractivity contribution in [1.82, 2.24) is 9.71 Å². The maximum Gasteiger partial charge on any atom is 0.308 e. The third-order valence-corrected chi connectivity index (χ3v) is 6.34. The van der Waals surface area contributed by atoms with Gasteiger partial charge in [0.05, 0.1) is 5.92 Å². The molecule has 1 aromatic rings. The summed E-state index contributed by atoms with van der Waals surface area (Å²) < 4.78 is 28.0. The minimum atomic E-state index is -3.76. The van der Waals surface area contributed by atoms with Crippen molar-refractivity contribution >= 4 is 31.9 Å². The average molecular weight is 375 g/mol. The minimum absolute atomic E-state index is 0.0452. The van der Waals surface area contributed by atoms with Gasteiger partial charge in [0.15, 0.2) is 0 Å². The second-order valence-electron chi connectivity index (χ2n) is 5.68. The third-order valence-electron chi connectivity index (χ3n) is 4.48. The van der Waals surface area contributed by atoms with Crippen LogP contribution in [0.15, 0.2) is 27.8 Å². The lowest BCUT2D eigenvalue weighted by Gasteiger charge is -2.28. The van der Waals surface area contributed by atoms with Gasteiger partial charge in [-0.3, -0.25) is 9.78 Å². The van der Waals surface area contributed by atoms with Gasteiger partial charge in [0, 0.05) is 22.9 Å². The van der Waals surface area contributed by atoms with Gasteiger partial charge < -0.3 is 5.11 Å². The van der Waals surface area contributed by atoms with Crippen molar-refractivity contribution < 1.29 is 18.3 Å². The zero-order chi connectivity index (χ0) is 15.2. The smallest absolute Gasteiger partial charge is 0.308 e. The molecule has 0 aliphatic heterocycles. The topological polar surface area (TPSA) is 96.4 Å². The highest BCUT2D eigenvalue weighted by Crippen LogP contribution is 2.48. The number of aliphatic carboxylic acids is 1. The summed E-state index contributed by atoms with van der Waals surface area (Å²) in [4.78, 5) is 15.3. The number of nitrogens with one attached hydrogen (secondary N) is 1. The van der Waals surface area contributed by atoms with E-state index in [1.165, 1.54) is 18.5 Å². The number of pyridine rings is 1. The molecule has 6 nitrogen and oxygen atoms in total. The lowest BCUT2D eigenvalue weighted by Crippen LogP contribution is -2.46. The number of halogens is 1. The SMILES string of the molecule is O=C(O)C1C2CCC(C2)C1NS(=O)(=O)c1cncc(Br)c1. The van der Waals surface area contributed by atoms with Crippen molar-refractivity contribution in [2.75, 3.05) is 0 Å². The largest absolute Gasteiger partial charge is 0.481 e. The number of nitrogens with zero attached hydrogens (tertiary/aromatic N) is 1. The molecule has 0 amide bonds. The Kier molecular flexibility index (Phi) is 3.79. The summed E-state index contributed by atoms with van der Waals surface area (Å²) in [6, 6.07) is 0.934. The summed E-state index contributed by atoms with van der Waals surface area (Å²) in [5.41, 5.74) is 0. The third kappa shape index (κ3) is 2.72. The first-order valence-electron chi connectivity index (χ1n) is 6.74. The Labute approximate surface area is 131 Å². The number of carboxylic acids is 1. The molecule has 2 N–H and O–H groups in total. The lowest BCUT2D eigenvalue weighted by molar-refractivity contribution is -0.144. The summed E-state index contributed by atoms with van der Waals surface area (Å²) >= 11 is 3.19. The van der Waals surface area contributed by atoms with E-state index >= 15 is 0 Å². The van der Waals surface area contributed by atoms with Gasteiger partial charge in [0.1, 0.15) is 4.90 Å². The molecule has 0 aromatic carbocycles. The van der Waals surface area contributed by atoms with E-state index in [1.54, 1.807) is 0 Å². The fourth-order valence-electron chi connectivity index (χ4n) is 3.60. The Morgan fingerprint density at radius 3 is 2.71 bits per heavy atom. The average Bonchev–Trinajstić information content (AvgIpc) is 2.98. The minimum Gasteiger partial charge on any atom is -0.481 e. The molecule has 8 heteroatoms. The second-order valence-corrected chi connectivity index (χ2v) is 8.31. The van der Waals surface area contributed by atoms with E-state index in [9.17, 15) is 18.3 Å². The van der Waals surface area contributed by atoms with Gasteiger partial charge >= 0.3 is 5.97 Å². The quantitative estimate of drug-likeness (QED) is 0.834. The highest BCUT2D eigenvalue weighted by atomic mass is 79.9. The molecule has 21 heavy (non-hydrogen) atoms. The van der Waals surface area contributed by atoms with Crippen molar-refractivity contribution in [3.05, 3.63) is 22.9 Å². The van der Waals surface area contributed by atoms with E-state index < -0.39 is 28.0 Å². The number of carbonyl (C=O) groups is 1. The summed E-state index contributed by atoms with van der Waals surface area (Å²) in [5, 5.41) is 9.36. The van der Waals surface area contributed by atoms with Crippen molar-refractivity contribution in [3.63, 3.8) is 0 Å². The highest BCUT2D eigenvalue weighted by Gasteiger charge is 2.52. The van der Waals surface area contributed by atoms with Gasteiger partial charge in [-0.2, -0.15) is 0 Å². The van der Waals surface area contributed by atoms with E-state index in [0.717, 1.165) is 19.3 Å². The van der Waals surface area contributed by atoms with Gasteiger partial charge in [-0.15, -0.1) is 0 Å². The van der Waals surface area contributed by atoms with Crippen molar-refractivity contribution in [1.29, 1.82) is 0 Å². The molecular formula is C13H15BrN2O4S. The van der Waals surface area contributed by atoms with E-state index in [2.05, 4.69) is 25.6 Å². The van der Waals surface area contributed by atoms with Gasteiger partial charge in [0.25, 0.3) is 0 Å². The first-order valence-corrected chi connectivity index (χ1v) is 9.02. The van der Waals surface area contributed by atoms with Crippen LogP contribution in [-0.4, -0.2) is 30.5 Å². The summed E-state index contributed by atoms with van der Waals surface area (Å²) in [6.07, 6.45) is 5.31. The van der Waals surface area contributed by atoms with Crippen LogP contribution in [0.3, 0.4) is 0 Å². The van der Waals surface area contributed by atoms with Crippen LogP contribution in [0.25, 0.3) is 0 Å². The molecular weight excluding hydrogens is 360 g/mol. The standard InChI is InChI=1S/C13H15BrN2O4S/c14-9-4-10(6-15-5-9)21(19,20)16-12-8-2-1-7(3-8)11(12)13(17)18/h4-8,11-12,16H,1-3H2,(H,17,18). The first kappa shape index (κ1) is 14.9. The maximum absolute atomic E-state index is 12.4. The van der Waals surface area contributed by atoms with Gasteiger partial charge in [-0.1, -0.05) is 0 Å². The molecule has 1 heterocycles. The molecule has 2 aliphatic carbocycles. The van der Waals surface area contributed by atoms with Gasteiger partial charge in [-0.25, -0.2) is 13.1 Å². The Hall–Kier alpha value is -0.990. The summed E-state index contributed by atoms with van der Waals surface area (Å²) in [7, 11) is -3.76. The normalized spacial score (nSPS) is 31.5. The zero-order valence-electron chi connectivity index (χ0n) is 11.1. The molecule has 4 atom stereocenters. The van der Waals surface area contributed by atoms with E-state index in [-0.39, 0.29) is 16.7 Å². The molecule has 3 rings (SSSR count). The second kappa shape index (κ2) is 5.33. The van der Waals surface area contributed by atoms with Crippen LogP contribution in [0.1, 0.15) is 19.3 Å². The van der Waals surface area contributed by atoms with Crippen molar-refractivity contribution in [3.8, 4) is 0 Å². The molecule has 2 bridgehead atoms. The van der Waals surface area contributed by atoms with Crippen molar-refractivity contribution in [2.24, 2.45) is 17.8 Å². The van der Waals surface area contributed by atoms with Gasteiger partial charge in [-0.05, 0) is 53.1 Å². The molecule has 0 saturated heterocycles. The first-order chi connectivity index (χ1) is 9.88. The number of sulfonamides is 1. The predicted molar refractivity (Wildman–Crippen MR) is 78.0 cm³/mol. The van der Waals surface area contributed by atoms with Crippen LogP contribution in [0.4, 0.5) is 0 Å². The highest BCUT2D eigenvalue weighted by molar-refractivity contribution is 9.10. The molecule has 2 aliphatic rings. The Morgan fingerprint density at radius 1 is 1.33 bits per heavy atom. The zero-order valence-corrected chi connectivity index (χ0v) is 13.5. The van der Waals surface area contributed by atoms with Crippen LogP contribution in [0.2, 0.25) is 0 Å². The Morgan fingerprint density at radius 2 is 2.05 bits per heavy atom. The van der Waals surface area contributed by atoms with Crippen LogP contribution in [-0.2, 0) is 14.8 Å². The Balaban J connectivity index is 1.87. The van der Waals surface area contributed by atoms with Crippen LogP contribution < -0.4 is 4.72 Å². The lowest BCUT2D eigenvalue weighted by atomic mass is 9.85. The van der Waals surface area contributed by atoms with Crippen molar-refractivity contribution in [2.45, 2.75) is 30.2 Å². The van der Waals surface area contributed by atoms with Gasteiger partial charge in [0.2, 0.25) is 10.0 Å². The number of carboxylic acid groups (broad SMARTS) is 1. The van der Waals surface area contributed by atoms with Crippen LogP contribution in [0, 0.1) is 17.8 Å². The number of aromatic nitrogens is 1. The van der Waals surface area contributed by atoms with Crippen LogP contribution >= 0.6 is 15.9 Å². The van der Waals surface area contributed by atoms with Crippen LogP contribution in [0.5, 0.6) is 0 Å². The van der Waals surface area contributed by atoms with E-state index in [4.69, 9.17) is 0 Å². The van der Waals surface area contributed by atoms with E-state index in [1.807, 2.05) is 0 Å².